The van der Waals surface area contributed by atoms with E-state index < -0.39 is 11.1 Å². The third-order valence-corrected chi connectivity index (χ3v) is 6.50. The Balaban J connectivity index is 1.39. The highest BCUT2D eigenvalue weighted by molar-refractivity contribution is 7.79. The monoisotopic (exact) mass is 534 g/mol. The van der Waals surface area contributed by atoms with Gasteiger partial charge >= 0.3 is 0 Å². The molecule has 3 aromatic carbocycles. The molecule has 1 aromatic heterocycles. The van der Waals surface area contributed by atoms with E-state index in [2.05, 4.69) is 15.3 Å². The predicted molar refractivity (Wildman–Crippen MR) is 151 cm³/mol. The maximum absolute atomic E-state index is 11.6. The number of nitrogens with one attached hydrogen (secondary N) is 1. The van der Waals surface area contributed by atoms with E-state index >= 15 is 0 Å². The van der Waals surface area contributed by atoms with Gasteiger partial charge in [0.2, 0.25) is 5.95 Å². The quantitative estimate of drug-likeness (QED) is 0.108. The van der Waals surface area contributed by atoms with Crippen molar-refractivity contribution in [1.29, 1.82) is 0 Å². The van der Waals surface area contributed by atoms with Crippen LogP contribution in [0.4, 0.5) is 23.1 Å². The largest absolute Gasteiger partial charge is 0.493 e. The molecule has 1 atom stereocenters. The van der Waals surface area contributed by atoms with Crippen molar-refractivity contribution in [3.63, 3.8) is 0 Å². The van der Waals surface area contributed by atoms with E-state index in [1.807, 2.05) is 30.3 Å². The van der Waals surface area contributed by atoms with Gasteiger partial charge in [-0.2, -0.15) is 4.98 Å². The van der Waals surface area contributed by atoms with Crippen molar-refractivity contribution in [1.82, 2.24) is 9.97 Å². The summed E-state index contributed by atoms with van der Waals surface area (Å²) in [5, 5.41) is 3.40. The Labute approximate surface area is 223 Å². The Morgan fingerprint density at radius 3 is 2.50 bits per heavy atom. The average molecular weight is 535 g/mol. The Hall–Kier alpha value is -4.35. The lowest BCUT2D eigenvalue weighted by atomic mass is 10.0. The molecule has 0 aliphatic carbocycles. The molecule has 0 aliphatic heterocycles. The van der Waals surface area contributed by atoms with Crippen molar-refractivity contribution in [3.8, 4) is 22.6 Å². The molecule has 1 heterocycles. The Bertz CT molecular complexity index is 1430. The van der Waals surface area contributed by atoms with Gasteiger partial charge in [-0.05, 0) is 60.0 Å². The maximum atomic E-state index is 11.6. The summed E-state index contributed by atoms with van der Waals surface area (Å²) in [7, 11) is 1.59. The van der Waals surface area contributed by atoms with Crippen molar-refractivity contribution < 1.29 is 18.2 Å². The molecule has 0 fully saturated rings. The minimum absolute atomic E-state index is 0.138. The molecule has 0 saturated carbocycles. The standard InChI is InChI=1S/C27H30N6O4S/c1-36-24-10-3-17(13-19-16-32-27(30)33-26(19)29)14-25(24)37-12-2-11-31-23-9-8-21(38(34)35)15-22(23)18-4-6-20(28)7-5-18/h3-10,14-16,31H,2,11-13,28H2,1H3,(H,34,35)(H4,29,30,32,33). The SMILES string of the molecule is COc1ccc(Cc2cnc(N)nc2N)cc1OCCCNc1ccc(S(=O)O)cc1-c1ccc(N)cc1. The predicted octanol–water partition coefficient (Wildman–Crippen LogP) is 3.95. The van der Waals surface area contributed by atoms with Gasteiger partial charge in [-0.3, -0.25) is 0 Å². The van der Waals surface area contributed by atoms with Crippen LogP contribution in [0.2, 0.25) is 0 Å². The van der Waals surface area contributed by atoms with Crippen LogP contribution >= 0.6 is 0 Å². The highest BCUT2D eigenvalue weighted by Gasteiger charge is 2.11. The Kier molecular flexibility index (Phi) is 8.62. The highest BCUT2D eigenvalue weighted by Crippen LogP contribution is 2.32. The van der Waals surface area contributed by atoms with Crippen LogP contribution < -0.4 is 32.0 Å². The first kappa shape index (κ1) is 26.7. The van der Waals surface area contributed by atoms with E-state index in [0.717, 1.165) is 27.9 Å². The van der Waals surface area contributed by atoms with Crippen LogP contribution in [0.25, 0.3) is 11.1 Å². The van der Waals surface area contributed by atoms with Crippen LogP contribution in [-0.2, 0) is 17.5 Å². The molecule has 10 nitrogen and oxygen atoms in total. The molecule has 0 radical (unpaired) electrons. The number of hydrogen-bond acceptors (Lipinski definition) is 9. The smallest absolute Gasteiger partial charge is 0.221 e. The summed E-state index contributed by atoms with van der Waals surface area (Å²) < 4.78 is 32.7. The number of methoxy groups -OCH3 is 1. The summed E-state index contributed by atoms with van der Waals surface area (Å²) in [4.78, 5) is 8.36. The molecule has 0 spiro atoms. The van der Waals surface area contributed by atoms with Crippen LogP contribution in [0, 0.1) is 0 Å². The minimum Gasteiger partial charge on any atom is -0.493 e. The fourth-order valence-electron chi connectivity index (χ4n) is 3.90. The molecule has 198 valence electrons. The number of hydrogen-bond donors (Lipinski definition) is 5. The molecule has 4 aromatic rings. The van der Waals surface area contributed by atoms with Gasteiger partial charge in [-0.15, -0.1) is 0 Å². The van der Waals surface area contributed by atoms with Gasteiger partial charge in [-0.25, -0.2) is 9.19 Å². The lowest BCUT2D eigenvalue weighted by Crippen LogP contribution is -2.09. The van der Waals surface area contributed by atoms with Crippen LogP contribution in [0.15, 0.2) is 71.8 Å². The number of benzene rings is 3. The summed E-state index contributed by atoms with van der Waals surface area (Å²) in [5.41, 5.74) is 22.3. The second-order valence-corrected chi connectivity index (χ2v) is 9.48. The number of rotatable bonds is 11. The Morgan fingerprint density at radius 1 is 1.00 bits per heavy atom. The molecule has 0 bridgehead atoms. The second-order valence-electron chi connectivity index (χ2n) is 8.51. The minimum atomic E-state index is -2.08. The molecule has 11 heteroatoms. The number of aromatic nitrogens is 2. The lowest BCUT2D eigenvalue weighted by Gasteiger charge is -2.15. The van der Waals surface area contributed by atoms with E-state index in [1.165, 1.54) is 0 Å². The number of nitrogens with zero attached hydrogens (tertiary/aromatic N) is 2. The number of nitrogens with two attached hydrogens (primary N) is 3. The molecular weight excluding hydrogens is 504 g/mol. The van der Waals surface area contributed by atoms with Crippen molar-refractivity contribution in [3.05, 3.63) is 78.0 Å². The zero-order chi connectivity index (χ0) is 27.1. The van der Waals surface area contributed by atoms with E-state index in [9.17, 15) is 8.76 Å². The Morgan fingerprint density at radius 2 is 1.79 bits per heavy atom. The molecular formula is C27H30N6O4S. The summed E-state index contributed by atoms with van der Waals surface area (Å²) >= 11 is -2.08. The summed E-state index contributed by atoms with van der Waals surface area (Å²) in [6, 6.07) is 18.2. The molecule has 0 saturated heterocycles. The first-order valence-electron chi connectivity index (χ1n) is 11.9. The molecule has 8 N–H and O–H groups in total. The zero-order valence-electron chi connectivity index (χ0n) is 20.9. The fourth-order valence-corrected chi connectivity index (χ4v) is 4.30. The normalized spacial score (nSPS) is 11.6. The maximum Gasteiger partial charge on any atom is 0.221 e. The molecule has 38 heavy (non-hydrogen) atoms. The first-order valence-corrected chi connectivity index (χ1v) is 13.0. The summed E-state index contributed by atoms with van der Waals surface area (Å²) in [6.45, 7) is 1.06. The van der Waals surface area contributed by atoms with Gasteiger partial charge in [0.25, 0.3) is 0 Å². The second kappa shape index (κ2) is 12.3. The van der Waals surface area contributed by atoms with Gasteiger partial charge in [0.05, 0.1) is 18.6 Å². The van der Waals surface area contributed by atoms with Crippen molar-refractivity contribution in [2.45, 2.75) is 17.7 Å². The molecule has 0 amide bonds. The van der Waals surface area contributed by atoms with Gasteiger partial charge in [0.15, 0.2) is 22.6 Å². The summed E-state index contributed by atoms with van der Waals surface area (Å²) in [6.07, 6.45) is 2.84. The highest BCUT2D eigenvalue weighted by atomic mass is 32.2. The third kappa shape index (κ3) is 6.69. The van der Waals surface area contributed by atoms with Gasteiger partial charge in [0.1, 0.15) is 5.82 Å². The van der Waals surface area contributed by atoms with Gasteiger partial charge in [0, 0.05) is 41.7 Å². The van der Waals surface area contributed by atoms with Crippen molar-refractivity contribution >= 4 is 34.2 Å². The fraction of sp³-hybridized carbons (Fsp3) is 0.185. The number of nitrogen functional groups attached to an aromatic ring is 3. The van der Waals surface area contributed by atoms with E-state index in [-0.39, 0.29) is 5.95 Å². The van der Waals surface area contributed by atoms with E-state index in [4.69, 9.17) is 26.7 Å². The number of ether oxygens (including phenoxy) is 2. The number of anilines is 4. The van der Waals surface area contributed by atoms with Gasteiger partial charge < -0.3 is 36.5 Å². The topological polar surface area (TPSA) is 172 Å². The first-order chi connectivity index (χ1) is 18.3. The van der Waals surface area contributed by atoms with Gasteiger partial charge in [-0.1, -0.05) is 18.2 Å². The van der Waals surface area contributed by atoms with Crippen LogP contribution in [0.5, 0.6) is 11.5 Å². The zero-order valence-corrected chi connectivity index (χ0v) is 21.7. The third-order valence-electron chi connectivity index (χ3n) is 5.85. The van der Waals surface area contributed by atoms with Crippen molar-refractivity contribution in [2.24, 2.45) is 0 Å². The van der Waals surface area contributed by atoms with E-state index in [1.54, 1.807) is 43.6 Å². The van der Waals surface area contributed by atoms with Crippen molar-refractivity contribution in [2.75, 3.05) is 42.8 Å². The van der Waals surface area contributed by atoms with Crippen LogP contribution in [-0.4, -0.2) is 39.0 Å². The lowest BCUT2D eigenvalue weighted by molar-refractivity contribution is 0.292. The average Bonchev–Trinajstić information content (AvgIpc) is 2.90. The molecule has 0 aliphatic rings. The summed E-state index contributed by atoms with van der Waals surface area (Å²) in [5.74, 6) is 1.73. The van der Waals surface area contributed by atoms with E-state index in [0.29, 0.717) is 53.9 Å². The molecule has 1 unspecified atom stereocenters. The molecule has 4 rings (SSSR count). The van der Waals surface area contributed by atoms with Crippen LogP contribution in [0.1, 0.15) is 17.5 Å². The van der Waals surface area contributed by atoms with Crippen LogP contribution in [0.3, 0.4) is 0 Å².